The van der Waals surface area contributed by atoms with Crippen molar-refractivity contribution in [2.24, 2.45) is 0 Å². The lowest BCUT2D eigenvalue weighted by Crippen LogP contribution is -1.94. The SMILES string of the molecule is C=C(/C=C\C=C/C)n1c2ccc3c(c4ccccc4n3-c3ccccc3)c2c2ccc3ccccc3c21. The van der Waals surface area contributed by atoms with Crippen LogP contribution in [0.4, 0.5) is 0 Å². The summed E-state index contributed by atoms with van der Waals surface area (Å²) >= 11 is 0. The summed E-state index contributed by atoms with van der Waals surface area (Å²) < 4.78 is 4.72. The van der Waals surface area contributed by atoms with E-state index in [2.05, 4.69) is 131 Å². The van der Waals surface area contributed by atoms with E-state index in [0.29, 0.717) is 0 Å². The molecule has 0 radical (unpaired) electrons. The van der Waals surface area contributed by atoms with Crippen molar-refractivity contribution in [3.05, 3.63) is 134 Å². The predicted octanol–water partition coefficient (Wildman–Crippen LogP) is 9.65. The van der Waals surface area contributed by atoms with E-state index < -0.39 is 0 Å². The van der Waals surface area contributed by atoms with Gasteiger partial charge in [-0.25, -0.2) is 0 Å². The van der Waals surface area contributed by atoms with Crippen molar-refractivity contribution in [1.29, 1.82) is 0 Å². The smallest absolute Gasteiger partial charge is 0.0619 e. The number of benzene rings is 5. The molecule has 0 spiro atoms. The van der Waals surface area contributed by atoms with Crippen LogP contribution in [0.3, 0.4) is 0 Å². The Kier molecular flexibility index (Phi) is 4.87. The Balaban J connectivity index is 1.72. The van der Waals surface area contributed by atoms with Gasteiger partial charge in [-0.1, -0.05) is 97.6 Å². The summed E-state index contributed by atoms with van der Waals surface area (Å²) in [4.78, 5) is 0. The zero-order valence-electron chi connectivity index (χ0n) is 20.7. The van der Waals surface area contributed by atoms with Gasteiger partial charge in [0.1, 0.15) is 0 Å². The van der Waals surface area contributed by atoms with Crippen LogP contribution in [0, 0.1) is 0 Å². The van der Waals surface area contributed by atoms with Gasteiger partial charge in [0.25, 0.3) is 0 Å². The number of fused-ring (bicyclic) bond motifs is 9. The highest BCUT2D eigenvalue weighted by Gasteiger charge is 2.21. The summed E-state index contributed by atoms with van der Waals surface area (Å²) in [6, 6.07) is 37.1. The van der Waals surface area contributed by atoms with Crippen LogP contribution in [0.2, 0.25) is 0 Å². The summed E-state index contributed by atoms with van der Waals surface area (Å²) in [5.74, 6) is 0. The van der Waals surface area contributed by atoms with Crippen molar-refractivity contribution in [3.63, 3.8) is 0 Å². The van der Waals surface area contributed by atoms with Crippen LogP contribution in [0.15, 0.2) is 134 Å². The second kappa shape index (κ2) is 8.39. The molecular weight excluding hydrogens is 448 g/mol. The maximum atomic E-state index is 4.51. The van der Waals surface area contributed by atoms with Crippen LogP contribution in [-0.2, 0) is 0 Å². The quantitative estimate of drug-likeness (QED) is 0.225. The van der Waals surface area contributed by atoms with Crippen molar-refractivity contribution in [2.75, 3.05) is 0 Å². The van der Waals surface area contributed by atoms with Crippen LogP contribution in [0.1, 0.15) is 6.92 Å². The first-order valence-electron chi connectivity index (χ1n) is 12.7. The highest BCUT2D eigenvalue weighted by atomic mass is 15.0. The fraction of sp³-hybridized carbons (Fsp3) is 0.0286. The number of hydrogen-bond acceptors (Lipinski definition) is 0. The normalized spacial score (nSPS) is 12.4. The molecule has 37 heavy (non-hydrogen) atoms. The molecule has 2 nitrogen and oxygen atoms in total. The van der Waals surface area contributed by atoms with E-state index in [0.717, 1.165) is 5.70 Å². The monoisotopic (exact) mass is 474 g/mol. The fourth-order valence-electron chi connectivity index (χ4n) is 5.83. The van der Waals surface area contributed by atoms with Crippen LogP contribution < -0.4 is 0 Å². The van der Waals surface area contributed by atoms with E-state index in [1.807, 2.05) is 19.1 Å². The molecule has 0 unspecified atom stereocenters. The maximum Gasteiger partial charge on any atom is 0.0619 e. The summed E-state index contributed by atoms with van der Waals surface area (Å²) in [7, 11) is 0. The molecule has 0 amide bonds. The molecular formula is C35H26N2. The van der Waals surface area contributed by atoms with Crippen molar-refractivity contribution >= 4 is 60.1 Å². The fourth-order valence-corrected chi connectivity index (χ4v) is 5.83. The average Bonchev–Trinajstić information content (AvgIpc) is 3.46. The molecule has 0 bridgehead atoms. The van der Waals surface area contributed by atoms with Crippen molar-refractivity contribution in [3.8, 4) is 5.69 Å². The summed E-state index contributed by atoms with van der Waals surface area (Å²) in [6.45, 7) is 6.54. The van der Waals surface area contributed by atoms with E-state index in [1.165, 1.54) is 60.1 Å². The molecule has 7 rings (SSSR count). The second-order valence-corrected chi connectivity index (χ2v) is 9.44. The molecule has 0 N–H and O–H groups in total. The van der Waals surface area contributed by atoms with E-state index >= 15 is 0 Å². The van der Waals surface area contributed by atoms with E-state index in [-0.39, 0.29) is 0 Å². The van der Waals surface area contributed by atoms with Gasteiger partial charge < -0.3 is 9.13 Å². The number of aromatic nitrogens is 2. The van der Waals surface area contributed by atoms with E-state index in [4.69, 9.17) is 0 Å². The topological polar surface area (TPSA) is 9.86 Å². The third kappa shape index (κ3) is 3.12. The first-order valence-corrected chi connectivity index (χ1v) is 12.7. The maximum absolute atomic E-state index is 4.51. The molecule has 2 aromatic heterocycles. The van der Waals surface area contributed by atoms with E-state index in [9.17, 15) is 0 Å². The van der Waals surface area contributed by atoms with Crippen LogP contribution in [0.5, 0.6) is 0 Å². The minimum Gasteiger partial charge on any atom is -0.309 e. The first kappa shape index (κ1) is 21.5. The average molecular weight is 475 g/mol. The number of para-hydroxylation sites is 2. The highest BCUT2D eigenvalue weighted by molar-refractivity contribution is 6.31. The summed E-state index contributed by atoms with van der Waals surface area (Å²) in [6.07, 6.45) is 8.24. The number of hydrogen-bond donors (Lipinski definition) is 0. The second-order valence-electron chi connectivity index (χ2n) is 9.44. The molecule has 2 heteroatoms. The van der Waals surface area contributed by atoms with Gasteiger partial charge in [-0.05, 0) is 48.7 Å². The van der Waals surface area contributed by atoms with Gasteiger partial charge in [-0.3, -0.25) is 0 Å². The third-order valence-corrected chi connectivity index (χ3v) is 7.34. The molecule has 0 fully saturated rings. The number of nitrogens with zero attached hydrogens (tertiary/aromatic N) is 2. The summed E-state index contributed by atoms with van der Waals surface area (Å²) in [5, 5.41) is 7.51. The lowest BCUT2D eigenvalue weighted by atomic mass is 10.0. The van der Waals surface area contributed by atoms with Gasteiger partial charge in [0.2, 0.25) is 0 Å². The van der Waals surface area contributed by atoms with E-state index in [1.54, 1.807) is 0 Å². The number of allylic oxidation sites excluding steroid dienone is 5. The Hall–Kier alpha value is -4.82. The minimum absolute atomic E-state index is 0.945. The molecule has 0 atom stereocenters. The van der Waals surface area contributed by atoms with Crippen LogP contribution >= 0.6 is 0 Å². The molecule has 7 aromatic rings. The van der Waals surface area contributed by atoms with Crippen LogP contribution in [0.25, 0.3) is 65.8 Å². The number of rotatable bonds is 4. The van der Waals surface area contributed by atoms with Gasteiger partial charge in [-0.2, -0.15) is 0 Å². The minimum atomic E-state index is 0.945. The van der Waals surface area contributed by atoms with Crippen molar-refractivity contribution in [1.82, 2.24) is 9.13 Å². The van der Waals surface area contributed by atoms with Crippen molar-refractivity contribution < 1.29 is 0 Å². The Bertz CT molecular complexity index is 2050. The molecule has 0 saturated carbocycles. The lowest BCUT2D eigenvalue weighted by Gasteiger charge is -2.10. The Labute approximate surface area is 215 Å². The molecule has 2 heterocycles. The van der Waals surface area contributed by atoms with Gasteiger partial charge in [-0.15, -0.1) is 0 Å². The lowest BCUT2D eigenvalue weighted by molar-refractivity contribution is 1.18. The van der Waals surface area contributed by atoms with Crippen molar-refractivity contribution in [2.45, 2.75) is 6.92 Å². The molecule has 5 aromatic carbocycles. The highest BCUT2D eigenvalue weighted by Crippen LogP contribution is 2.43. The van der Waals surface area contributed by atoms with Crippen LogP contribution in [-0.4, -0.2) is 9.13 Å². The Morgan fingerprint density at radius 3 is 2.16 bits per heavy atom. The molecule has 0 saturated heterocycles. The third-order valence-electron chi connectivity index (χ3n) is 7.34. The zero-order valence-corrected chi connectivity index (χ0v) is 20.7. The largest absolute Gasteiger partial charge is 0.309 e. The molecule has 0 aliphatic heterocycles. The molecule has 176 valence electrons. The standard InChI is InChI=1S/C35H26N2/c1-3-4-6-13-24(2)36-31-22-23-32-33(34(31)29-21-20-25-14-9-10-17-27(25)35(29)36)28-18-11-12-19-30(28)37(32)26-15-7-5-8-16-26/h3-23H,2H2,1H3/b4-3-,13-6-. The van der Waals surface area contributed by atoms with Gasteiger partial charge in [0, 0.05) is 38.3 Å². The van der Waals surface area contributed by atoms with Gasteiger partial charge in [0.05, 0.1) is 22.1 Å². The summed E-state index contributed by atoms with van der Waals surface area (Å²) in [5.41, 5.74) is 6.91. The Morgan fingerprint density at radius 2 is 1.32 bits per heavy atom. The zero-order chi connectivity index (χ0) is 24.9. The molecule has 0 aliphatic carbocycles. The Morgan fingerprint density at radius 1 is 0.622 bits per heavy atom. The first-order chi connectivity index (χ1) is 18.3. The van der Waals surface area contributed by atoms with Gasteiger partial charge in [0.15, 0.2) is 0 Å². The van der Waals surface area contributed by atoms with Gasteiger partial charge >= 0.3 is 0 Å². The molecule has 0 aliphatic rings. The predicted molar refractivity (Wildman–Crippen MR) is 161 cm³/mol.